The highest BCUT2D eigenvalue weighted by Crippen LogP contribution is 2.21. The fraction of sp³-hybridized carbons (Fsp3) is 0.611. The molecule has 0 aliphatic carbocycles. The molecule has 5 nitrogen and oxygen atoms in total. The number of morpholine rings is 1. The van der Waals surface area contributed by atoms with Crippen molar-refractivity contribution >= 4 is 5.96 Å². The van der Waals surface area contributed by atoms with Crippen molar-refractivity contribution in [3.05, 3.63) is 35.9 Å². The van der Waals surface area contributed by atoms with Crippen LogP contribution in [0.5, 0.6) is 0 Å². The van der Waals surface area contributed by atoms with Crippen LogP contribution >= 0.6 is 0 Å². The van der Waals surface area contributed by atoms with Crippen LogP contribution in [0.4, 0.5) is 0 Å². The normalized spacial score (nSPS) is 25.6. The van der Waals surface area contributed by atoms with Gasteiger partial charge in [-0.1, -0.05) is 30.3 Å². The van der Waals surface area contributed by atoms with Gasteiger partial charge < -0.3 is 19.7 Å². The zero-order valence-electron chi connectivity index (χ0n) is 13.9. The second kappa shape index (κ2) is 8.31. The van der Waals surface area contributed by atoms with Gasteiger partial charge in [0.1, 0.15) is 6.10 Å². The molecule has 1 aromatic rings. The maximum absolute atomic E-state index is 5.93. The number of nitrogens with one attached hydrogen (secondary N) is 1. The van der Waals surface area contributed by atoms with E-state index in [9.17, 15) is 0 Å². The first-order chi connectivity index (χ1) is 11.4. The SMILES string of the molecule is CCNC(=NCc1ccccc1)N1CCOC(C2CCCO2)C1. The Morgan fingerprint density at radius 2 is 2.04 bits per heavy atom. The summed E-state index contributed by atoms with van der Waals surface area (Å²) in [7, 11) is 0. The summed E-state index contributed by atoms with van der Waals surface area (Å²) in [5, 5.41) is 3.41. The monoisotopic (exact) mass is 317 g/mol. The van der Waals surface area contributed by atoms with Crippen molar-refractivity contribution in [2.24, 2.45) is 4.99 Å². The fourth-order valence-electron chi connectivity index (χ4n) is 3.16. The quantitative estimate of drug-likeness (QED) is 0.682. The molecule has 2 saturated heterocycles. The first kappa shape index (κ1) is 16.3. The van der Waals surface area contributed by atoms with Gasteiger partial charge in [0, 0.05) is 26.2 Å². The summed E-state index contributed by atoms with van der Waals surface area (Å²) in [6, 6.07) is 10.4. The van der Waals surface area contributed by atoms with Gasteiger partial charge in [0.15, 0.2) is 5.96 Å². The Morgan fingerprint density at radius 3 is 2.78 bits per heavy atom. The molecule has 2 atom stereocenters. The van der Waals surface area contributed by atoms with E-state index < -0.39 is 0 Å². The van der Waals surface area contributed by atoms with Gasteiger partial charge >= 0.3 is 0 Å². The van der Waals surface area contributed by atoms with Crippen LogP contribution in [-0.2, 0) is 16.0 Å². The summed E-state index contributed by atoms with van der Waals surface area (Å²) in [4.78, 5) is 7.11. The predicted octanol–water partition coefficient (Wildman–Crippen LogP) is 2.03. The van der Waals surface area contributed by atoms with Gasteiger partial charge in [-0.3, -0.25) is 0 Å². The van der Waals surface area contributed by atoms with Crippen LogP contribution in [0.2, 0.25) is 0 Å². The summed E-state index contributed by atoms with van der Waals surface area (Å²) in [6.45, 7) is 7.01. The second-order valence-corrected chi connectivity index (χ2v) is 6.06. The van der Waals surface area contributed by atoms with E-state index in [0.717, 1.165) is 51.6 Å². The summed E-state index contributed by atoms with van der Waals surface area (Å²) >= 11 is 0. The zero-order chi connectivity index (χ0) is 15.9. The molecule has 126 valence electrons. The Morgan fingerprint density at radius 1 is 1.22 bits per heavy atom. The lowest BCUT2D eigenvalue weighted by Gasteiger charge is -2.37. The summed E-state index contributed by atoms with van der Waals surface area (Å²) in [5.74, 6) is 0.975. The zero-order valence-corrected chi connectivity index (χ0v) is 13.9. The lowest BCUT2D eigenvalue weighted by molar-refractivity contribution is -0.0817. The van der Waals surface area contributed by atoms with E-state index in [1.54, 1.807) is 0 Å². The maximum Gasteiger partial charge on any atom is 0.194 e. The first-order valence-electron chi connectivity index (χ1n) is 8.67. The van der Waals surface area contributed by atoms with E-state index >= 15 is 0 Å². The lowest BCUT2D eigenvalue weighted by Crippen LogP contribution is -2.53. The smallest absolute Gasteiger partial charge is 0.194 e. The Bertz CT molecular complexity index is 500. The average Bonchev–Trinajstić information content (AvgIpc) is 3.14. The Balaban J connectivity index is 1.64. The van der Waals surface area contributed by atoms with Crippen LogP contribution in [0, 0.1) is 0 Å². The van der Waals surface area contributed by atoms with Crippen molar-refractivity contribution in [1.29, 1.82) is 0 Å². The molecular formula is C18H27N3O2. The lowest BCUT2D eigenvalue weighted by atomic mass is 10.1. The van der Waals surface area contributed by atoms with Crippen LogP contribution in [0.1, 0.15) is 25.3 Å². The van der Waals surface area contributed by atoms with Crippen LogP contribution < -0.4 is 5.32 Å². The second-order valence-electron chi connectivity index (χ2n) is 6.06. The molecule has 2 fully saturated rings. The van der Waals surface area contributed by atoms with E-state index in [4.69, 9.17) is 14.5 Å². The molecule has 0 bridgehead atoms. The highest BCUT2D eigenvalue weighted by Gasteiger charge is 2.32. The average molecular weight is 317 g/mol. The van der Waals surface area contributed by atoms with Gasteiger partial charge in [-0.25, -0.2) is 4.99 Å². The Labute approximate surface area is 138 Å². The van der Waals surface area contributed by atoms with E-state index in [1.807, 2.05) is 6.07 Å². The molecule has 0 aromatic heterocycles. The van der Waals surface area contributed by atoms with Crippen LogP contribution in [-0.4, -0.2) is 55.9 Å². The van der Waals surface area contributed by atoms with Gasteiger partial charge in [0.2, 0.25) is 0 Å². The van der Waals surface area contributed by atoms with E-state index in [-0.39, 0.29) is 12.2 Å². The van der Waals surface area contributed by atoms with Crippen molar-refractivity contribution in [2.75, 3.05) is 32.8 Å². The standard InChI is InChI=1S/C18H27N3O2/c1-2-19-18(20-13-15-7-4-3-5-8-15)21-10-12-23-17(14-21)16-9-6-11-22-16/h3-5,7-8,16-17H,2,6,9-14H2,1H3,(H,19,20). The third kappa shape index (κ3) is 4.45. The number of ether oxygens (including phenoxy) is 2. The molecule has 2 heterocycles. The maximum atomic E-state index is 5.93. The number of hydrogen-bond donors (Lipinski definition) is 1. The third-order valence-electron chi connectivity index (χ3n) is 4.36. The molecule has 2 aliphatic heterocycles. The molecule has 0 amide bonds. The van der Waals surface area contributed by atoms with Gasteiger partial charge in [-0.05, 0) is 25.3 Å². The molecule has 2 unspecified atom stereocenters. The summed E-state index contributed by atoms with van der Waals surface area (Å²) in [6.07, 6.45) is 2.66. The third-order valence-corrected chi connectivity index (χ3v) is 4.36. The van der Waals surface area contributed by atoms with Crippen LogP contribution in [0.3, 0.4) is 0 Å². The van der Waals surface area contributed by atoms with Gasteiger partial charge in [-0.2, -0.15) is 0 Å². The number of guanidine groups is 1. The molecule has 0 spiro atoms. The molecule has 23 heavy (non-hydrogen) atoms. The van der Waals surface area contributed by atoms with Crippen molar-refractivity contribution in [1.82, 2.24) is 10.2 Å². The topological polar surface area (TPSA) is 46.1 Å². The minimum absolute atomic E-state index is 0.159. The number of rotatable bonds is 4. The molecule has 3 rings (SSSR count). The molecule has 1 aromatic carbocycles. The molecule has 1 N–H and O–H groups in total. The van der Waals surface area contributed by atoms with E-state index in [2.05, 4.69) is 41.4 Å². The molecular weight excluding hydrogens is 290 g/mol. The van der Waals surface area contributed by atoms with E-state index in [0.29, 0.717) is 6.54 Å². The van der Waals surface area contributed by atoms with Gasteiger partial charge in [0.25, 0.3) is 0 Å². The minimum Gasteiger partial charge on any atom is -0.375 e. The summed E-state index contributed by atoms with van der Waals surface area (Å²) < 4.78 is 11.7. The van der Waals surface area contributed by atoms with Crippen molar-refractivity contribution in [3.63, 3.8) is 0 Å². The Hall–Kier alpha value is -1.59. The van der Waals surface area contributed by atoms with Crippen molar-refractivity contribution in [3.8, 4) is 0 Å². The highest BCUT2D eigenvalue weighted by molar-refractivity contribution is 5.80. The highest BCUT2D eigenvalue weighted by atomic mass is 16.5. The van der Waals surface area contributed by atoms with Crippen LogP contribution in [0.15, 0.2) is 35.3 Å². The largest absolute Gasteiger partial charge is 0.375 e. The number of hydrogen-bond acceptors (Lipinski definition) is 3. The fourth-order valence-corrected chi connectivity index (χ4v) is 3.16. The molecule has 2 aliphatic rings. The van der Waals surface area contributed by atoms with Gasteiger partial charge in [0.05, 0.1) is 19.3 Å². The van der Waals surface area contributed by atoms with Crippen LogP contribution in [0.25, 0.3) is 0 Å². The summed E-state index contributed by atoms with van der Waals surface area (Å²) in [5.41, 5.74) is 1.23. The number of aliphatic imine (C=N–C) groups is 1. The number of nitrogens with zero attached hydrogens (tertiary/aromatic N) is 2. The Kier molecular flexibility index (Phi) is 5.88. The molecule has 5 heteroatoms. The molecule has 0 radical (unpaired) electrons. The van der Waals surface area contributed by atoms with Gasteiger partial charge in [-0.15, -0.1) is 0 Å². The van der Waals surface area contributed by atoms with Crippen molar-refractivity contribution < 1.29 is 9.47 Å². The van der Waals surface area contributed by atoms with Crippen molar-refractivity contribution in [2.45, 2.75) is 38.5 Å². The first-order valence-corrected chi connectivity index (χ1v) is 8.67. The minimum atomic E-state index is 0.159. The predicted molar refractivity (Wildman–Crippen MR) is 91.5 cm³/mol. The number of benzene rings is 1. The van der Waals surface area contributed by atoms with E-state index in [1.165, 1.54) is 5.56 Å². The molecule has 0 saturated carbocycles.